The molecule has 2 rings (SSSR count). The number of hydrogen-bond acceptors (Lipinski definition) is 6. The Morgan fingerprint density at radius 2 is 1.81 bits per heavy atom. The van der Waals surface area contributed by atoms with E-state index in [0.717, 1.165) is 5.56 Å². The number of carbonyl (C=O) groups excluding carboxylic acids is 3. The number of nitrogens with two attached hydrogens (primary N) is 1. The molecule has 0 aliphatic rings. The molecular weight excluding hydrogens is 354 g/mol. The van der Waals surface area contributed by atoms with Gasteiger partial charge in [0.1, 0.15) is 13.1 Å². The van der Waals surface area contributed by atoms with Crippen LogP contribution in [0, 0.1) is 0 Å². The predicted molar refractivity (Wildman–Crippen MR) is 93.5 cm³/mol. The van der Waals surface area contributed by atoms with Crippen LogP contribution in [0.4, 0.5) is 0 Å². The van der Waals surface area contributed by atoms with Crippen LogP contribution in [0.1, 0.15) is 16.1 Å². The zero-order valence-corrected chi connectivity index (χ0v) is 14.3. The fourth-order valence-corrected chi connectivity index (χ4v) is 2.31. The van der Waals surface area contributed by atoms with Crippen LogP contribution in [0.15, 0.2) is 53.1 Å². The number of furan rings is 1. The van der Waals surface area contributed by atoms with Crippen molar-refractivity contribution in [2.24, 2.45) is 5.73 Å². The van der Waals surface area contributed by atoms with Gasteiger partial charge in [0, 0.05) is 0 Å². The van der Waals surface area contributed by atoms with Crippen molar-refractivity contribution in [3.8, 4) is 0 Å². The van der Waals surface area contributed by atoms with Gasteiger partial charge in [-0.15, -0.1) is 0 Å². The summed E-state index contributed by atoms with van der Waals surface area (Å²) in [4.78, 5) is 48.4. The Hall–Kier alpha value is -3.46. The van der Waals surface area contributed by atoms with Crippen molar-refractivity contribution in [2.45, 2.75) is 12.5 Å². The maximum Gasteiger partial charge on any atom is 0.322 e. The Bertz CT molecular complexity index is 804. The SMILES string of the molecule is N[C@@H](Cc1ccccc1)C(=O)N(CC(=O)NCC(=O)O)C(=O)c1ccco1. The van der Waals surface area contributed by atoms with E-state index >= 15 is 0 Å². The molecule has 0 saturated heterocycles. The molecule has 1 heterocycles. The number of carboxylic acid groups (broad SMARTS) is 1. The molecule has 9 heteroatoms. The lowest BCUT2D eigenvalue weighted by molar-refractivity contribution is -0.138. The van der Waals surface area contributed by atoms with Crippen LogP contribution in [-0.2, 0) is 20.8 Å². The van der Waals surface area contributed by atoms with Crippen LogP contribution in [0.2, 0.25) is 0 Å². The van der Waals surface area contributed by atoms with Crippen molar-refractivity contribution in [3.63, 3.8) is 0 Å². The van der Waals surface area contributed by atoms with E-state index in [-0.39, 0.29) is 12.2 Å². The Morgan fingerprint density at radius 3 is 2.41 bits per heavy atom. The summed E-state index contributed by atoms with van der Waals surface area (Å²) in [6.07, 6.45) is 1.42. The molecule has 9 nitrogen and oxygen atoms in total. The molecule has 27 heavy (non-hydrogen) atoms. The Balaban J connectivity index is 2.14. The summed E-state index contributed by atoms with van der Waals surface area (Å²) >= 11 is 0. The summed E-state index contributed by atoms with van der Waals surface area (Å²) in [5.41, 5.74) is 6.73. The lowest BCUT2D eigenvalue weighted by Crippen LogP contribution is -2.51. The molecule has 0 bridgehead atoms. The second kappa shape index (κ2) is 9.30. The van der Waals surface area contributed by atoms with Crippen LogP contribution in [-0.4, -0.2) is 52.8 Å². The molecule has 1 aromatic heterocycles. The number of benzene rings is 1. The summed E-state index contributed by atoms with van der Waals surface area (Å²) in [6.45, 7) is -1.31. The zero-order valence-electron chi connectivity index (χ0n) is 14.3. The van der Waals surface area contributed by atoms with Crippen molar-refractivity contribution >= 4 is 23.7 Å². The second-order valence-corrected chi connectivity index (χ2v) is 5.67. The van der Waals surface area contributed by atoms with Crippen molar-refractivity contribution < 1.29 is 28.7 Å². The van der Waals surface area contributed by atoms with Crippen molar-refractivity contribution in [1.29, 1.82) is 0 Å². The van der Waals surface area contributed by atoms with Gasteiger partial charge in [-0.3, -0.25) is 24.1 Å². The van der Waals surface area contributed by atoms with Gasteiger partial charge in [-0.25, -0.2) is 0 Å². The molecule has 2 aromatic rings. The topological polar surface area (TPSA) is 143 Å². The monoisotopic (exact) mass is 373 g/mol. The predicted octanol–water partition coefficient (Wildman–Crippen LogP) is 0.0192. The van der Waals surface area contributed by atoms with Gasteiger partial charge in [0.05, 0.1) is 12.3 Å². The van der Waals surface area contributed by atoms with Gasteiger partial charge < -0.3 is 20.6 Å². The highest BCUT2D eigenvalue weighted by Crippen LogP contribution is 2.10. The molecule has 3 amide bonds. The highest BCUT2D eigenvalue weighted by Gasteiger charge is 2.30. The molecule has 1 atom stereocenters. The van der Waals surface area contributed by atoms with E-state index in [9.17, 15) is 19.2 Å². The summed E-state index contributed by atoms with van der Waals surface area (Å²) in [5.74, 6) is -3.80. The number of rotatable bonds is 8. The molecule has 0 aliphatic carbocycles. The molecule has 142 valence electrons. The van der Waals surface area contributed by atoms with E-state index in [1.165, 1.54) is 18.4 Å². The summed E-state index contributed by atoms with van der Waals surface area (Å²) in [7, 11) is 0. The summed E-state index contributed by atoms with van der Waals surface area (Å²) < 4.78 is 4.99. The third kappa shape index (κ3) is 5.79. The quantitative estimate of drug-likeness (QED) is 0.592. The normalized spacial score (nSPS) is 11.4. The van der Waals surface area contributed by atoms with Crippen molar-refractivity contribution in [1.82, 2.24) is 10.2 Å². The zero-order chi connectivity index (χ0) is 19.8. The van der Waals surface area contributed by atoms with Gasteiger partial charge in [0.2, 0.25) is 11.8 Å². The van der Waals surface area contributed by atoms with E-state index in [1.807, 2.05) is 6.07 Å². The molecule has 0 saturated carbocycles. The second-order valence-electron chi connectivity index (χ2n) is 5.67. The van der Waals surface area contributed by atoms with Gasteiger partial charge in [0.15, 0.2) is 5.76 Å². The number of carboxylic acids is 1. The van der Waals surface area contributed by atoms with Crippen LogP contribution in [0.25, 0.3) is 0 Å². The van der Waals surface area contributed by atoms with E-state index in [2.05, 4.69) is 5.32 Å². The molecule has 0 spiro atoms. The van der Waals surface area contributed by atoms with Crippen LogP contribution >= 0.6 is 0 Å². The number of imide groups is 1. The van der Waals surface area contributed by atoms with Gasteiger partial charge in [0.25, 0.3) is 5.91 Å². The molecule has 0 unspecified atom stereocenters. The third-order valence-electron chi connectivity index (χ3n) is 3.60. The van der Waals surface area contributed by atoms with Gasteiger partial charge in [-0.05, 0) is 24.1 Å². The first-order valence-electron chi connectivity index (χ1n) is 8.05. The Labute approximate surface area is 154 Å². The standard InChI is InChI=1S/C18H19N3O6/c19-13(9-12-5-2-1-3-6-12)17(25)21(11-15(22)20-10-16(23)24)18(26)14-7-4-8-27-14/h1-8,13H,9-11,19H2,(H,20,22)(H,23,24)/t13-/m0/s1. The van der Waals surface area contributed by atoms with Gasteiger partial charge >= 0.3 is 5.97 Å². The molecule has 0 aliphatic heterocycles. The fraction of sp³-hybridized carbons (Fsp3) is 0.222. The number of hydrogen-bond donors (Lipinski definition) is 3. The lowest BCUT2D eigenvalue weighted by atomic mass is 10.1. The highest BCUT2D eigenvalue weighted by molar-refractivity contribution is 6.07. The minimum absolute atomic E-state index is 0.138. The summed E-state index contributed by atoms with van der Waals surface area (Å²) in [6, 6.07) is 10.7. The van der Waals surface area contributed by atoms with Crippen molar-refractivity contribution in [3.05, 3.63) is 60.1 Å². The van der Waals surface area contributed by atoms with E-state index < -0.39 is 42.8 Å². The maximum atomic E-state index is 12.7. The summed E-state index contributed by atoms with van der Waals surface area (Å²) in [5, 5.41) is 10.7. The maximum absolute atomic E-state index is 12.7. The first-order valence-corrected chi connectivity index (χ1v) is 8.05. The van der Waals surface area contributed by atoms with E-state index in [1.54, 1.807) is 24.3 Å². The highest BCUT2D eigenvalue weighted by atomic mass is 16.4. The largest absolute Gasteiger partial charge is 0.480 e. The molecule has 0 fully saturated rings. The third-order valence-corrected chi connectivity index (χ3v) is 3.60. The van der Waals surface area contributed by atoms with Crippen LogP contribution in [0.5, 0.6) is 0 Å². The average molecular weight is 373 g/mol. The average Bonchev–Trinajstić information content (AvgIpc) is 3.19. The van der Waals surface area contributed by atoms with Crippen molar-refractivity contribution in [2.75, 3.05) is 13.1 Å². The molecular formula is C18H19N3O6. The van der Waals surface area contributed by atoms with Gasteiger partial charge in [-0.1, -0.05) is 30.3 Å². The number of nitrogens with zero attached hydrogens (tertiary/aromatic N) is 1. The Morgan fingerprint density at radius 1 is 1.11 bits per heavy atom. The minimum Gasteiger partial charge on any atom is -0.480 e. The van der Waals surface area contributed by atoms with E-state index in [0.29, 0.717) is 4.90 Å². The number of amides is 3. The van der Waals surface area contributed by atoms with Crippen LogP contribution in [0.3, 0.4) is 0 Å². The lowest BCUT2D eigenvalue weighted by Gasteiger charge is -2.22. The number of aliphatic carboxylic acids is 1. The smallest absolute Gasteiger partial charge is 0.322 e. The molecule has 4 N–H and O–H groups in total. The number of nitrogens with one attached hydrogen (secondary N) is 1. The first kappa shape index (κ1) is 19.9. The molecule has 1 aromatic carbocycles. The Kier molecular flexibility index (Phi) is 6.84. The first-order chi connectivity index (χ1) is 12.9. The van der Waals surface area contributed by atoms with Crippen LogP contribution < -0.4 is 11.1 Å². The fourth-order valence-electron chi connectivity index (χ4n) is 2.31. The van der Waals surface area contributed by atoms with Gasteiger partial charge in [-0.2, -0.15) is 0 Å². The minimum atomic E-state index is -1.25. The molecule has 0 radical (unpaired) electrons. The number of carbonyl (C=O) groups is 4. The van der Waals surface area contributed by atoms with E-state index in [4.69, 9.17) is 15.3 Å².